The van der Waals surface area contributed by atoms with Crippen molar-refractivity contribution < 1.29 is 8.83 Å². The summed E-state index contributed by atoms with van der Waals surface area (Å²) < 4.78 is 15.3. The minimum absolute atomic E-state index is 0.672. The first-order chi connectivity index (χ1) is 22.3. The van der Waals surface area contributed by atoms with Gasteiger partial charge in [-0.25, -0.2) is 9.97 Å². The van der Waals surface area contributed by atoms with Crippen LogP contribution in [0.5, 0.6) is 0 Å². The highest BCUT2D eigenvalue weighted by Crippen LogP contribution is 2.42. The summed E-state index contributed by atoms with van der Waals surface area (Å²) in [7, 11) is 0. The van der Waals surface area contributed by atoms with Crippen LogP contribution in [-0.4, -0.2) is 14.5 Å². The standard InChI is InChI=1S/C40H23N3O2/c1-3-11-24(12-4-1)36-39-37(42-40(41-36)25-13-5-2-6-14-25)30-20-19-26(23-34(30)45-39)43-31-17-9-7-15-27(31)28-21-22-33-35(38(28)43)29-16-8-10-18-32(29)44-33/h1-23H. The second-order valence-electron chi connectivity index (χ2n) is 11.4. The van der Waals surface area contributed by atoms with Gasteiger partial charge >= 0.3 is 0 Å². The Morgan fingerprint density at radius 3 is 2.04 bits per heavy atom. The third-order valence-corrected chi connectivity index (χ3v) is 8.81. The lowest BCUT2D eigenvalue weighted by Crippen LogP contribution is -1.94. The highest BCUT2D eigenvalue weighted by molar-refractivity contribution is 6.24. The summed E-state index contributed by atoms with van der Waals surface area (Å²) in [6.45, 7) is 0. The summed E-state index contributed by atoms with van der Waals surface area (Å²) in [5.41, 5.74) is 9.95. The number of hydrogen-bond acceptors (Lipinski definition) is 4. The average Bonchev–Trinajstić information content (AvgIpc) is 3.77. The minimum Gasteiger partial charge on any atom is -0.456 e. The Hall–Kier alpha value is -6.20. The maximum Gasteiger partial charge on any atom is 0.180 e. The van der Waals surface area contributed by atoms with E-state index in [9.17, 15) is 0 Å². The molecule has 0 fully saturated rings. The first-order valence-electron chi connectivity index (χ1n) is 15.0. The lowest BCUT2D eigenvalue weighted by Gasteiger charge is -2.08. The summed E-state index contributed by atoms with van der Waals surface area (Å²) >= 11 is 0. The zero-order chi connectivity index (χ0) is 29.5. The molecule has 6 aromatic carbocycles. The van der Waals surface area contributed by atoms with Gasteiger partial charge in [0, 0.05) is 44.4 Å². The molecule has 0 saturated carbocycles. The highest BCUT2D eigenvalue weighted by atomic mass is 16.3. The van der Waals surface area contributed by atoms with E-state index in [1.165, 1.54) is 10.8 Å². The van der Waals surface area contributed by atoms with Crippen LogP contribution in [0.15, 0.2) is 148 Å². The SMILES string of the molecule is c1ccc(-c2nc(-c3ccccc3)c3oc4cc(-n5c6ccccc6c6ccc7oc8ccccc8c7c65)ccc4c3n2)cc1. The van der Waals surface area contributed by atoms with Crippen molar-refractivity contribution in [2.75, 3.05) is 0 Å². The molecule has 10 aromatic rings. The number of hydrogen-bond donors (Lipinski definition) is 0. The van der Waals surface area contributed by atoms with Crippen LogP contribution in [0.1, 0.15) is 0 Å². The quantitative estimate of drug-likeness (QED) is 0.210. The van der Waals surface area contributed by atoms with Gasteiger partial charge in [0.15, 0.2) is 11.4 Å². The van der Waals surface area contributed by atoms with Crippen molar-refractivity contribution >= 4 is 65.8 Å². The van der Waals surface area contributed by atoms with Gasteiger partial charge in [-0.1, -0.05) is 97.1 Å². The third-order valence-electron chi connectivity index (χ3n) is 8.81. The number of para-hydroxylation sites is 2. The monoisotopic (exact) mass is 577 g/mol. The van der Waals surface area contributed by atoms with E-state index in [0.29, 0.717) is 11.4 Å². The van der Waals surface area contributed by atoms with E-state index in [2.05, 4.69) is 83.4 Å². The number of furan rings is 2. The molecule has 210 valence electrons. The van der Waals surface area contributed by atoms with Crippen molar-refractivity contribution in [2.45, 2.75) is 0 Å². The molecular formula is C40H23N3O2. The van der Waals surface area contributed by atoms with E-state index in [4.69, 9.17) is 18.8 Å². The fourth-order valence-electron chi connectivity index (χ4n) is 6.81. The van der Waals surface area contributed by atoms with Crippen LogP contribution >= 0.6 is 0 Å². The normalized spacial score (nSPS) is 12.0. The van der Waals surface area contributed by atoms with Crippen molar-refractivity contribution in [3.63, 3.8) is 0 Å². The first-order valence-corrected chi connectivity index (χ1v) is 15.0. The van der Waals surface area contributed by atoms with Crippen LogP contribution in [0.2, 0.25) is 0 Å². The predicted molar refractivity (Wildman–Crippen MR) is 182 cm³/mol. The van der Waals surface area contributed by atoms with E-state index in [1.54, 1.807) is 0 Å². The molecule has 0 atom stereocenters. The van der Waals surface area contributed by atoms with E-state index >= 15 is 0 Å². The van der Waals surface area contributed by atoms with Crippen molar-refractivity contribution in [2.24, 2.45) is 0 Å². The van der Waals surface area contributed by atoms with Crippen molar-refractivity contribution in [3.05, 3.63) is 140 Å². The molecular weight excluding hydrogens is 554 g/mol. The fraction of sp³-hybridized carbons (Fsp3) is 0. The average molecular weight is 578 g/mol. The lowest BCUT2D eigenvalue weighted by molar-refractivity contribution is 0.667. The van der Waals surface area contributed by atoms with E-state index in [1.807, 2.05) is 60.7 Å². The highest BCUT2D eigenvalue weighted by Gasteiger charge is 2.21. The van der Waals surface area contributed by atoms with Gasteiger partial charge in [-0.2, -0.15) is 0 Å². The van der Waals surface area contributed by atoms with Crippen LogP contribution in [0.4, 0.5) is 0 Å². The summed E-state index contributed by atoms with van der Waals surface area (Å²) in [6, 6.07) is 47.8. The Morgan fingerprint density at radius 2 is 1.20 bits per heavy atom. The van der Waals surface area contributed by atoms with Gasteiger partial charge in [-0.15, -0.1) is 0 Å². The Kier molecular flexibility index (Phi) is 4.93. The van der Waals surface area contributed by atoms with Gasteiger partial charge in [0.1, 0.15) is 28.0 Å². The predicted octanol–water partition coefficient (Wildman–Crippen LogP) is 10.7. The van der Waals surface area contributed by atoms with Crippen LogP contribution in [0.3, 0.4) is 0 Å². The van der Waals surface area contributed by atoms with Gasteiger partial charge in [0.05, 0.1) is 16.4 Å². The maximum absolute atomic E-state index is 6.68. The van der Waals surface area contributed by atoms with Crippen molar-refractivity contribution in [1.82, 2.24) is 14.5 Å². The van der Waals surface area contributed by atoms with Gasteiger partial charge in [-0.3, -0.25) is 0 Å². The topological polar surface area (TPSA) is 57.0 Å². The smallest absolute Gasteiger partial charge is 0.180 e. The molecule has 0 aliphatic carbocycles. The molecule has 0 radical (unpaired) electrons. The van der Waals surface area contributed by atoms with Crippen LogP contribution in [0.25, 0.3) is 94.1 Å². The molecule has 0 amide bonds. The molecule has 0 N–H and O–H groups in total. The summed E-state index contributed by atoms with van der Waals surface area (Å²) in [5.74, 6) is 0.672. The van der Waals surface area contributed by atoms with E-state index in [-0.39, 0.29) is 0 Å². The first kappa shape index (κ1) is 24.3. The Bertz CT molecular complexity index is 2750. The Morgan fingerprint density at radius 1 is 0.489 bits per heavy atom. The van der Waals surface area contributed by atoms with Gasteiger partial charge in [0.2, 0.25) is 0 Å². The summed E-state index contributed by atoms with van der Waals surface area (Å²) in [5, 5.41) is 5.52. The largest absolute Gasteiger partial charge is 0.456 e. The second kappa shape index (κ2) is 9.15. The van der Waals surface area contributed by atoms with Gasteiger partial charge in [0.25, 0.3) is 0 Å². The van der Waals surface area contributed by atoms with Crippen LogP contribution in [0, 0.1) is 0 Å². The summed E-state index contributed by atoms with van der Waals surface area (Å²) in [6.07, 6.45) is 0. The van der Waals surface area contributed by atoms with E-state index < -0.39 is 0 Å². The van der Waals surface area contributed by atoms with Crippen molar-refractivity contribution in [1.29, 1.82) is 0 Å². The molecule has 5 heteroatoms. The molecule has 5 nitrogen and oxygen atoms in total. The molecule has 0 bridgehead atoms. The summed E-state index contributed by atoms with van der Waals surface area (Å²) in [4.78, 5) is 10.1. The maximum atomic E-state index is 6.68. The number of benzene rings is 6. The van der Waals surface area contributed by atoms with Crippen LogP contribution in [-0.2, 0) is 0 Å². The van der Waals surface area contributed by atoms with E-state index in [0.717, 1.165) is 72.0 Å². The lowest BCUT2D eigenvalue weighted by atomic mass is 10.1. The van der Waals surface area contributed by atoms with Gasteiger partial charge < -0.3 is 13.4 Å². The molecule has 0 spiro atoms. The Balaban J connectivity index is 1.29. The zero-order valence-corrected chi connectivity index (χ0v) is 23.9. The molecule has 45 heavy (non-hydrogen) atoms. The fourth-order valence-corrected chi connectivity index (χ4v) is 6.81. The molecule has 0 saturated heterocycles. The second-order valence-corrected chi connectivity index (χ2v) is 11.4. The Labute approximate surface area is 256 Å². The molecule has 0 aliphatic heterocycles. The molecule has 0 unspecified atom stereocenters. The van der Waals surface area contributed by atoms with Crippen LogP contribution < -0.4 is 0 Å². The minimum atomic E-state index is 0.672. The molecule has 0 aliphatic rings. The number of fused-ring (bicyclic) bond motifs is 10. The number of rotatable bonds is 3. The molecule has 4 aromatic heterocycles. The zero-order valence-electron chi connectivity index (χ0n) is 23.9. The number of nitrogens with zero attached hydrogens (tertiary/aromatic N) is 3. The van der Waals surface area contributed by atoms with Gasteiger partial charge in [-0.05, 0) is 36.4 Å². The number of aromatic nitrogens is 3. The van der Waals surface area contributed by atoms with Crippen molar-refractivity contribution in [3.8, 4) is 28.3 Å². The molecule has 10 rings (SSSR count). The molecule has 4 heterocycles. The third kappa shape index (κ3) is 3.49.